The Morgan fingerprint density at radius 3 is 2.54 bits per heavy atom. The Balaban J connectivity index is 1.44. The summed E-state index contributed by atoms with van der Waals surface area (Å²) in [6.07, 6.45) is 3.83. The van der Waals surface area contributed by atoms with E-state index in [1.165, 1.54) is 12.3 Å². The molecule has 2 aromatic rings. The third-order valence-corrected chi connectivity index (χ3v) is 7.92. The van der Waals surface area contributed by atoms with Crippen molar-refractivity contribution in [3.63, 3.8) is 0 Å². The smallest absolute Gasteiger partial charge is 0.217 e. The van der Waals surface area contributed by atoms with Crippen molar-refractivity contribution < 1.29 is 21.9 Å². The second-order valence-electron chi connectivity index (χ2n) is 7.32. The molecule has 4 rings (SSSR count). The molecule has 3 heterocycles. The van der Waals surface area contributed by atoms with Gasteiger partial charge in [-0.1, -0.05) is 0 Å². The SMILES string of the molecule is O=S(=O)(C1CCOCC1)N1CCC(Nc2ccnc3c(F)cc(F)cc23)CC1. The number of benzene rings is 1. The number of ether oxygens (including phenoxy) is 1. The van der Waals surface area contributed by atoms with Gasteiger partial charge in [0.25, 0.3) is 0 Å². The monoisotopic (exact) mass is 411 g/mol. The molecular formula is C19H23F2N3O3S. The zero-order chi connectivity index (χ0) is 19.7. The van der Waals surface area contributed by atoms with Crippen molar-refractivity contribution in [2.45, 2.75) is 37.0 Å². The summed E-state index contributed by atoms with van der Waals surface area (Å²) in [4.78, 5) is 3.99. The molecule has 0 unspecified atom stereocenters. The highest BCUT2D eigenvalue weighted by Gasteiger charge is 2.35. The van der Waals surface area contributed by atoms with Gasteiger partial charge in [0.15, 0.2) is 5.82 Å². The standard InChI is InChI=1S/C19H23F2N3O3S/c20-13-11-16-18(1-6-22-19(16)17(21)12-13)23-14-2-7-24(8-3-14)28(25,26)15-4-9-27-10-5-15/h1,6,11-12,14-15H,2-5,7-10H2,(H,22,23). The molecule has 1 aromatic carbocycles. The van der Waals surface area contributed by atoms with Gasteiger partial charge in [-0.3, -0.25) is 4.98 Å². The molecule has 6 nitrogen and oxygen atoms in total. The van der Waals surface area contributed by atoms with Crippen LogP contribution in [0.3, 0.4) is 0 Å². The summed E-state index contributed by atoms with van der Waals surface area (Å²) in [6, 6.07) is 3.79. The van der Waals surface area contributed by atoms with E-state index in [9.17, 15) is 17.2 Å². The van der Waals surface area contributed by atoms with Crippen molar-refractivity contribution >= 4 is 26.6 Å². The lowest BCUT2D eigenvalue weighted by molar-refractivity contribution is 0.0969. The molecule has 0 saturated carbocycles. The van der Waals surface area contributed by atoms with Crippen LogP contribution in [0.4, 0.5) is 14.5 Å². The molecule has 1 N–H and O–H groups in total. The second-order valence-corrected chi connectivity index (χ2v) is 9.53. The molecule has 2 fully saturated rings. The van der Waals surface area contributed by atoms with Crippen LogP contribution in [0.1, 0.15) is 25.7 Å². The predicted octanol–water partition coefficient (Wildman–Crippen LogP) is 2.90. The number of hydrogen-bond acceptors (Lipinski definition) is 5. The number of nitrogens with one attached hydrogen (secondary N) is 1. The van der Waals surface area contributed by atoms with E-state index in [2.05, 4.69) is 10.3 Å². The molecule has 1 aromatic heterocycles. The third kappa shape index (κ3) is 3.83. The molecule has 0 atom stereocenters. The van der Waals surface area contributed by atoms with Gasteiger partial charge < -0.3 is 10.1 Å². The molecule has 2 saturated heterocycles. The first kappa shape index (κ1) is 19.5. The summed E-state index contributed by atoms with van der Waals surface area (Å²) >= 11 is 0. The number of rotatable bonds is 4. The number of piperidine rings is 1. The van der Waals surface area contributed by atoms with Gasteiger partial charge in [-0.05, 0) is 37.8 Å². The van der Waals surface area contributed by atoms with Crippen LogP contribution in [0.15, 0.2) is 24.4 Å². The number of nitrogens with zero attached hydrogens (tertiary/aromatic N) is 2. The van der Waals surface area contributed by atoms with Crippen LogP contribution in [-0.4, -0.2) is 55.3 Å². The minimum absolute atomic E-state index is 0.0260. The lowest BCUT2D eigenvalue weighted by Crippen LogP contribution is -2.47. The molecular weight excluding hydrogens is 388 g/mol. The Labute approximate surface area is 162 Å². The minimum Gasteiger partial charge on any atom is -0.382 e. The largest absolute Gasteiger partial charge is 0.382 e. The molecule has 0 aliphatic carbocycles. The predicted molar refractivity (Wildman–Crippen MR) is 103 cm³/mol. The fourth-order valence-corrected chi connectivity index (χ4v) is 5.89. The van der Waals surface area contributed by atoms with Crippen molar-refractivity contribution in [1.82, 2.24) is 9.29 Å². The molecule has 0 bridgehead atoms. The zero-order valence-corrected chi connectivity index (χ0v) is 16.2. The maximum atomic E-state index is 14.0. The van der Waals surface area contributed by atoms with E-state index >= 15 is 0 Å². The summed E-state index contributed by atoms with van der Waals surface area (Å²) in [5, 5.41) is 3.34. The Bertz CT molecular complexity index is 956. The third-order valence-electron chi connectivity index (χ3n) is 5.53. The maximum absolute atomic E-state index is 14.0. The first-order valence-electron chi connectivity index (χ1n) is 9.52. The Morgan fingerprint density at radius 2 is 1.82 bits per heavy atom. The van der Waals surface area contributed by atoms with Crippen molar-refractivity contribution in [2.75, 3.05) is 31.6 Å². The van der Waals surface area contributed by atoms with E-state index in [0.717, 1.165) is 6.07 Å². The van der Waals surface area contributed by atoms with Gasteiger partial charge in [-0.25, -0.2) is 21.5 Å². The van der Waals surface area contributed by atoms with E-state index in [1.807, 2.05) is 0 Å². The molecule has 2 aliphatic rings. The minimum atomic E-state index is -3.31. The number of anilines is 1. The first-order chi connectivity index (χ1) is 13.4. The Hall–Kier alpha value is -1.84. The molecule has 9 heteroatoms. The van der Waals surface area contributed by atoms with Gasteiger partial charge >= 0.3 is 0 Å². The Kier molecular flexibility index (Phi) is 5.48. The van der Waals surface area contributed by atoms with Crippen LogP contribution < -0.4 is 5.32 Å². The highest BCUT2D eigenvalue weighted by molar-refractivity contribution is 7.89. The van der Waals surface area contributed by atoms with Crippen LogP contribution in [0.25, 0.3) is 10.9 Å². The molecule has 0 amide bonds. The van der Waals surface area contributed by atoms with Crippen molar-refractivity contribution in [1.29, 1.82) is 0 Å². The van der Waals surface area contributed by atoms with E-state index in [0.29, 0.717) is 63.1 Å². The molecule has 2 aliphatic heterocycles. The summed E-state index contributed by atoms with van der Waals surface area (Å²) in [7, 11) is -3.31. The van der Waals surface area contributed by atoms with Crippen molar-refractivity contribution in [3.8, 4) is 0 Å². The van der Waals surface area contributed by atoms with E-state index in [4.69, 9.17) is 4.74 Å². The van der Waals surface area contributed by atoms with Crippen LogP contribution >= 0.6 is 0 Å². The summed E-state index contributed by atoms with van der Waals surface area (Å²) in [6.45, 7) is 1.85. The van der Waals surface area contributed by atoms with Gasteiger partial charge in [0.1, 0.15) is 11.3 Å². The van der Waals surface area contributed by atoms with Crippen LogP contribution in [0, 0.1) is 11.6 Å². The van der Waals surface area contributed by atoms with E-state index in [1.54, 1.807) is 10.4 Å². The number of fused-ring (bicyclic) bond motifs is 1. The summed E-state index contributed by atoms with van der Waals surface area (Å²) < 4.78 is 60.1. The number of pyridine rings is 1. The lowest BCUT2D eigenvalue weighted by atomic mass is 10.1. The highest BCUT2D eigenvalue weighted by atomic mass is 32.2. The average molecular weight is 411 g/mol. The van der Waals surface area contributed by atoms with Crippen LogP contribution in [0.2, 0.25) is 0 Å². The van der Waals surface area contributed by atoms with Gasteiger partial charge in [0, 0.05) is 55.7 Å². The van der Waals surface area contributed by atoms with Gasteiger partial charge in [0.05, 0.1) is 5.25 Å². The van der Waals surface area contributed by atoms with Crippen LogP contribution in [0.5, 0.6) is 0 Å². The van der Waals surface area contributed by atoms with Gasteiger partial charge in [-0.2, -0.15) is 0 Å². The second kappa shape index (κ2) is 7.88. The van der Waals surface area contributed by atoms with Gasteiger partial charge in [-0.15, -0.1) is 0 Å². The topological polar surface area (TPSA) is 71.5 Å². The summed E-state index contributed by atoms with van der Waals surface area (Å²) in [5.41, 5.74) is 0.722. The average Bonchev–Trinajstić information content (AvgIpc) is 2.70. The molecule has 0 spiro atoms. The fraction of sp³-hybridized carbons (Fsp3) is 0.526. The van der Waals surface area contributed by atoms with Gasteiger partial charge in [0.2, 0.25) is 10.0 Å². The van der Waals surface area contributed by atoms with Crippen molar-refractivity contribution in [2.24, 2.45) is 0 Å². The number of halogens is 2. The first-order valence-corrected chi connectivity index (χ1v) is 11.0. The molecule has 152 valence electrons. The molecule has 28 heavy (non-hydrogen) atoms. The zero-order valence-electron chi connectivity index (χ0n) is 15.4. The Morgan fingerprint density at radius 1 is 1.11 bits per heavy atom. The lowest BCUT2D eigenvalue weighted by Gasteiger charge is -2.35. The van der Waals surface area contributed by atoms with Crippen molar-refractivity contribution in [3.05, 3.63) is 36.0 Å². The van der Waals surface area contributed by atoms with E-state index in [-0.39, 0.29) is 16.8 Å². The normalized spacial score (nSPS) is 20.5. The van der Waals surface area contributed by atoms with Crippen LogP contribution in [-0.2, 0) is 14.8 Å². The molecule has 0 radical (unpaired) electrons. The maximum Gasteiger partial charge on any atom is 0.217 e. The number of sulfonamides is 1. The quantitative estimate of drug-likeness (QED) is 0.838. The highest BCUT2D eigenvalue weighted by Crippen LogP contribution is 2.28. The van der Waals surface area contributed by atoms with E-state index < -0.39 is 21.7 Å². The number of aromatic nitrogens is 1. The fourth-order valence-electron chi connectivity index (χ4n) is 3.96. The number of hydrogen-bond donors (Lipinski definition) is 1. The summed E-state index contributed by atoms with van der Waals surface area (Å²) in [5.74, 6) is -1.35.